The van der Waals surface area contributed by atoms with Gasteiger partial charge in [0.15, 0.2) is 0 Å². The van der Waals surface area contributed by atoms with Crippen molar-refractivity contribution in [2.45, 2.75) is 25.4 Å². The highest BCUT2D eigenvalue weighted by molar-refractivity contribution is 8.00. The summed E-state index contributed by atoms with van der Waals surface area (Å²) in [6.45, 7) is 3.56. The second-order valence-electron chi connectivity index (χ2n) is 7.56. The Bertz CT molecular complexity index is 1070. The van der Waals surface area contributed by atoms with Crippen LogP contribution in [0.1, 0.15) is 39.3 Å². The molecule has 1 saturated heterocycles. The first-order valence-electron chi connectivity index (χ1n) is 10.7. The van der Waals surface area contributed by atoms with Crippen LogP contribution in [0, 0.1) is 0 Å². The lowest BCUT2D eigenvalue weighted by Crippen LogP contribution is -2.27. The molecular formula is C26H26N2O3S. The number of rotatable bonds is 8. The van der Waals surface area contributed by atoms with Crippen LogP contribution in [0.25, 0.3) is 0 Å². The molecule has 0 spiro atoms. The number of benzene rings is 3. The van der Waals surface area contributed by atoms with Crippen molar-refractivity contribution in [2.24, 2.45) is 0 Å². The largest absolute Gasteiger partial charge is 0.494 e. The molecule has 1 atom stereocenters. The molecule has 0 saturated carbocycles. The summed E-state index contributed by atoms with van der Waals surface area (Å²) in [4.78, 5) is 27.0. The Morgan fingerprint density at radius 2 is 1.78 bits per heavy atom. The van der Waals surface area contributed by atoms with Gasteiger partial charge in [-0.25, -0.2) is 0 Å². The molecule has 2 amide bonds. The highest BCUT2D eigenvalue weighted by atomic mass is 32.2. The average molecular weight is 447 g/mol. The number of carbonyl (C=O) groups excluding carboxylic acids is 2. The van der Waals surface area contributed by atoms with Crippen LogP contribution >= 0.6 is 11.8 Å². The van der Waals surface area contributed by atoms with E-state index in [1.54, 1.807) is 11.8 Å². The Kier molecular flexibility index (Phi) is 7.12. The number of hydrogen-bond donors (Lipinski definition) is 1. The van der Waals surface area contributed by atoms with Crippen molar-refractivity contribution in [3.05, 3.63) is 101 Å². The topological polar surface area (TPSA) is 58.6 Å². The highest BCUT2D eigenvalue weighted by Gasteiger charge is 2.32. The molecule has 3 aromatic carbocycles. The van der Waals surface area contributed by atoms with Gasteiger partial charge in [0, 0.05) is 18.7 Å². The van der Waals surface area contributed by atoms with Crippen LogP contribution < -0.4 is 10.1 Å². The zero-order chi connectivity index (χ0) is 22.3. The van der Waals surface area contributed by atoms with Gasteiger partial charge in [0.2, 0.25) is 5.91 Å². The number of carbonyl (C=O) groups is 2. The van der Waals surface area contributed by atoms with E-state index in [0.29, 0.717) is 31.0 Å². The molecule has 0 radical (unpaired) electrons. The van der Waals surface area contributed by atoms with Crippen LogP contribution in [0.2, 0.25) is 0 Å². The second-order valence-corrected chi connectivity index (χ2v) is 8.62. The maximum absolute atomic E-state index is 12.6. The van der Waals surface area contributed by atoms with Gasteiger partial charge in [0.25, 0.3) is 5.91 Å². The third-order valence-corrected chi connectivity index (χ3v) is 6.54. The van der Waals surface area contributed by atoms with Gasteiger partial charge >= 0.3 is 0 Å². The van der Waals surface area contributed by atoms with Gasteiger partial charge in [-0.15, -0.1) is 11.8 Å². The monoisotopic (exact) mass is 446 g/mol. The summed E-state index contributed by atoms with van der Waals surface area (Å²) in [5.41, 5.74) is 3.72. The van der Waals surface area contributed by atoms with Gasteiger partial charge < -0.3 is 15.0 Å². The fraction of sp³-hybridized carbons (Fsp3) is 0.231. The fourth-order valence-electron chi connectivity index (χ4n) is 3.68. The summed E-state index contributed by atoms with van der Waals surface area (Å²) in [6, 6.07) is 25.3. The van der Waals surface area contributed by atoms with Gasteiger partial charge in [-0.3, -0.25) is 9.59 Å². The number of amides is 2. The Balaban J connectivity index is 1.39. The first kappa shape index (κ1) is 22.0. The molecule has 0 bridgehead atoms. The maximum Gasteiger partial charge on any atom is 0.251 e. The minimum Gasteiger partial charge on any atom is -0.494 e. The third-order valence-electron chi connectivity index (χ3n) is 5.28. The maximum atomic E-state index is 12.6. The summed E-state index contributed by atoms with van der Waals surface area (Å²) in [6.07, 6.45) is 0. The molecule has 1 N–H and O–H groups in total. The van der Waals surface area contributed by atoms with E-state index in [9.17, 15) is 9.59 Å². The van der Waals surface area contributed by atoms with Crippen molar-refractivity contribution in [3.63, 3.8) is 0 Å². The molecule has 1 fully saturated rings. The molecular weight excluding hydrogens is 420 g/mol. The summed E-state index contributed by atoms with van der Waals surface area (Å²) in [7, 11) is 0. The van der Waals surface area contributed by atoms with E-state index in [-0.39, 0.29) is 17.2 Å². The molecule has 3 aromatic rings. The van der Waals surface area contributed by atoms with E-state index < -0.39 is 0 Å². The van der Waals surface area contributed by atoms with E-state index in [1.807, 2.05) is 90.7 Å². The van der Waals surface area contributed by atoms with Crippen molar-refractivity contribution >= 4 is 23.6 Å². The summed E-state index contributed by atoms with van der Waals surface area (Å²) < 4.78 is 5.51. The molecule has 5 nitrogen and oxygen atoms in total. The van der Waals surface area contributed by atoms with Crippen molar-refractivity contribution in [3.8, 4) is 5.75 Å². The lowest BCUT2D eigenvalue weighted by Gasteiger charge is -2.24. The molecule has 1 aliphatic rings. The SMILES string of the molecule is CCOc1cccc(CNC(=O)c2ccc([C@H]3SCC(=O)N3Cc3ccccc3)cc2)c1. The molecule has 32 heavy (non-hydrogen) atoms. The predicted octanol–water partition coefficient (Wildman–Crippen LogP) is 4.79. The van der Waals surface area contributed by atoms with E-state index in [4.69, 9.17) is 4.74 Å². The molecule has 0 unspecified atom stereocenters. The van der Waals surface area contributed by atoms with Gasteiger partial charge in [0.05, 0.1) is 12.4 Å². The standard InChI is InChI=1S/C26H26N2O3S/c1-2-31-23-10-6-9-20(15-23)16-27-25(30)21-11-13-22(14-12-21)26-28(24(29)18-32-26)17-19-7-4-3-5-8-19/h3-15,26H,2,16-18H2,1H3,(H,27,30)/t26-/m1/s1. The normalized spacial score (nSPS) is 15.6. The summed E-state index contributed by atoms with van der Waals surface area (Å²) in [5.74, 6) is 1.28. The van der Waals surface area contributed by atoms with Crippen molar-refractivity contribution < 1.29 is 14.3 Å². The first-order valence-corrected chi connectivity index (χ1v) is 11.7. The molecule has 0 aliphatic carbocycles. The lowest BCUT2D eigenvalue weighted by molar-refractivity contribution is -0.128. The van der Waals surface area contributed by atoms with Crippen LogP contribution in [-0.4, -0.2) is 29.1 Å². The van der Waals surface area contributed by atoms with Crippen LogP contribution in [0.5, 0.6) is 5.75 Å². The Morgan fingerprint density at radius 1 is 1.03 bits per heavy atom. The number of thioether (sulfide) groups is 1. The zero-order valence-electron chi connectivity index (χ0n) is 18.0. The first-order chi connectivity index (χ1) is 15.6. The van der Waals surface area contributed by atoms with Crippen molar-refractivity contribution in [1.82, 2.24) is 10.2 Å². The Labute approximate surface area is 192 Å². The second kappa shape index (κ2) is 10.4. The molecule has 4 rings (SSSR count). The van der Waals surface area contributed by atoms with E-state index >= 15 is 0 Å². The van der Waals surface area contributed by atoms with Crippen molar-refractivity contribution in [2.75, 3.05) is 12.4 Å². The van der Waals surface area contributed by atoms with Crippen LogP contribution in [0.4, 0.5) is 0 Å². The van der Waals surface area contributed by atoms with Crippen LogP contribution in [-0.2, 0) is 17.9 Å². The number of nitrogens with one attached hydrogen (secondary N) is 1. The van der Waals surface area contributed by atoms with Crippen LogP contribution in [0.3, 0.4) is 0 Å². The number of nitrogens with zero attached hydrogens (tertiary/aromatic N) is 1. The van der Waals surface area contributed by atoms with Gasteiger partial charge in [-0.1, -0.05) is 54.6 Å². The average Bonchev–Trinajstić information content (AvgIpc) is 3.19. The third kappa shape index (κ3) is 5.32. The fourth-order valence-corrected chi connectivity index (χ4v) is 4.86. The van der Waals surface area contributed by atoms with Gasteiger partial charge in [-0.05, 0) is 47.9 Å². The lowest BCUT2D eigenvalue weighted by atomic mass is 10.1. The number of hydrogen-bond acceptors (Lipinski definition) is 4. The number of ether oxygens (including phenoxy) is 1. The molecule has 0 aromatic heterocycles. The summed E-state index contributed by atoms with van der Waals surface area (Å²) >= 11 is 1.62. The van der Waals surface area contributed by atoms with E-state index in [1.165, 1.54) is 0 Å². The van der Waals surface area contributed by atoms with Gasteiger partial charge in [-0.2, -0.15) is 0 Å². The molecule has 6 heteroatoms. The smallest absolute Gasteiger partial charge is 0.251 e. The van der Waals surface area contributed by atoms with Crippen molar-refractivity contribution in [1.29, 1.82) is 0 Å². The molecule has 1 heterocycles. The Morgan fingerprint density at radius 3 is 2.53 bits per heavy atom. The van der Waals surface area contributed by atoms with Crippen LogP contribution in [0.15, 0.2) is 78.9 Å². The van der Waals surface area contributed by atoms with E-state index in [2.05, 4.69) is 5.32 Å². The minimum atomic E-state index is -0.130. The zero-order valence-corrected chi connectivity index (χ0v) is 18.8. The summed E-state index contributed by atoms with van der Waals surface area (Å²) in [5, 5.41) is 2.92. The van der Waals surface area contributed by atoms with E-state index in [0.717, 1.165) is 22.4 Å². The molecule has 164 valence electrons. The van der Waals surface area contributed by atoms with Gasteiger partial charge in [0.1, 0.15) is 11.1 Å². The minimum absolute atomic E-state index is 0.0406. The molecule has 1 aliphatic heterocycles. The highest BCUT2D eigenvalue weighted by Crippen LogP contribution is 2.39. The predicted molar refractivity (Wildman–Crippen MR) is 127 cm³/mol. The Hall–Kier alpha value is -3.25. The quantitative estimate of drug-likeness (QED) is 0.541.